The zero-order valence-electron chi connectivity index (χ0n) is 18.3. The van der Waals surface area contributed by atoms with Crippen LogP contribution < -0.4 is 15.0 Å². The zero-order valence-corrected chi connectivity index (χ0v) is 18.3. The first kappa shape index (κ1) is 20.1. The second-order valence-electron chi connectivity index (χ2n) is 8.92. The van der Waals surface area contributed by atoms with E-state index in [1.54, 1.807) is 12.0 Å². The van der Waals surface area contributed by atoms with Crippen LogP contribution in [0, 0.1) is 11.8 Å². The number of fused-ring (bicyclic) bond motifs is 2. The third-order valence-corrected chi connectivity index (χ3v) is 7.16. The SMILES string of the molecule is COc1ccc(N2C[C@]34C=C[C@H](O3)[C@@H](C(=O)NCCc3c[nH]c5ccccc35)[C@H]4C2=O)cc1. The molecule has 3 aliphatic rings. The quantitative estimate of drug-likeness (QED) is 0.574. The fourth-order valence-corrected chi connectivity index (χ4v) is 5.56. The van der Waals surface area contributed by atoms with Crippen LogP contribution >= 0.6 is 0 Å². The lowest BCUT2D eigenvalue weighted by molar-refractivity contribution is -0.131. The summed E-state index contributed by atoms with van der Waals surface area (Å²) in [5.74, 6) is -0.491. The minimum atomic E-state index is -0.736. The molecule has 0 aliphatic carbocycles. The van der Waals surface area contributed by atoms with Crippen LogP contribution in [0.15, 0.2) is 66.9 Å². The molecule has 6 rings (SSSR count). The molecule has 2 aromatic carbocycles. The molecule has 1 spiro atoms. The molecule has 2 saturated heterocycles. The topological polar surface area (TPSA) is 83.7 Å². The van der Waals surface area contributed by atoms with Gasteiger partial charge in [-0.05, 0) is 42.3 Å². The number of amides is 2. The monoisotopic (exact) mass is 443 g/mol. The summed E-state index contributed by atoms with van der Waals surface area (Å²) in [5.41, 5.74) is 2.29. The van der Waals surface area contributed by atoms with Gasteiger partial charge in [0, 0.05) is 29.3 Å². The molecule has 168 valence electrons. The van der Waals surface area contributed by atoms with E-state index in [9.17, 15) is 9.59 Å². The van der Waals surface area contributed by atoms with Gasteiger partial charge >= 0.3 is 0 Å². The zero-order chi connectivity index (χ0) is 22.6. The molecule has 3 aliphatic heterocycles. The molecule has 0 radical (unpaired) electrons. The number of anilines is 1. The fraction of sp³-hybridized carbons (Fsp3) is 0.308. The van der Waals surface area contributed by atoms with Gasteiger partial charge in [-0.3, -0.25) is 9.59 Å². The molecule has 7 nitrogen and oxygen atoms in total. The van der Waals surface area contributed by atoms with E-state index in [4.69, 9.17) is 9.47 Å². The number of nitrogens with zero attached hydrogens (tertiary/aromatic N) is 1. The van der Waals surface area contributed by atoms with Crippen LogP contribution in [0.5, 0.6) is 5.75 Å². The Bertz CT molecular complexity index is 1260. The number of aromatic amines is 1. The number of carbonyl (C=O) groups is 2. The number of hydrogen-bond donors (Lipinski definition) is 2. The van der Waals surface area contributed by atoms with Crippen molar-refractivity contribution in [2.45, 2.75) is 18.1 Å². The number of aromatic nitrogens is 1. The molecule has 2 bridgehead atoms. The lowest BCUT2D eigenvalue weighted by Crippen LogP contribution is -2.44. The second-order valence-corrected chi connectivity index (χ2v) is 8.92. The van der Waals surface area contributed by atoms with Crippen molar-refractivity contribution in [2.75, 3.05) is 25.1 Å². The first-order valence-corrected chi connectivity index (χ1v) is 11.2. The van der Waals surface area contributed by atoms with Gasteiger partial charge in [0.15, 0.2) is 0 Å². The Kier molecular flexibility index (Phi) is 4.55. The van der Waals surface area contributed by atoms with Crippen LogP contribution in [0.25, 0.3) is 10.9 Å². The first-order chi connectivity index (χ1) is 16.1. The highest BCUT2D eigenvalue weighted by atomic mass is 16.5. The number of nitrogens with one attached hydrogen (secondary N) is 2. The predicted molar refractivity (Wildman–Crippen MR) is 124 cm³/mol. The average Bonchev–Trinajstić information content (AvgIpc) is 3.59. The summed E-state index contributed by atoms with van der Waals surface area (Å²) in [4.78, 5) is 31.7. The minimum absolute atomic E-state index is 0.0659. The van der Waals surface area contributed by atoms with Crippen LogP contribution in [0.2, 0.25) is 0 Å². The lowest BCUT2D eigenvalue weighted by Gasteiger charge is -2.23. The van der Waals surface area contributed by atoms with Crippen molar-refractivity contribution in [2.24, 2.45) is 11.8 Å². The van der Waals surface area contributed by atoms with E-state index in [2.05, 4.69) is 16.4 Å². The Balaban J connectivity index is 1.17. The number of methoxy groups -OCH3 is 1. The lowest BCUT2D eigenvalue weighted by atomic mass is 9.77. The highest BCUT2D eigenvalue weighted by Crippen LogP contribution is 2.52. The van der Waals surface area contributed by atoms with Gasteiger partial charge in [-0.2, -0.15) is 0 Å². The standard InChI is InChI=1S/C26H25N3O4/c1-32-18-8-6-17(7-9-18)29-15-26-12-10-21(33-26)22(23(26)25(29)31)24(30)27-13-11-16-14-28-20-5-3-2-4-19(16)20/h2-10,12,14,21-23,28H,11,13,15H2,1H3,(H,27,30)/t21-,22+,23-,26-/m0/s1. The summed E-state index contributed by atoms with van der Waals surface area (Å²) in [6.45, 7) is 0.915. The van der Waals surface area contributed by atoms with Crippen LogP contribution in [0.1, 0.15) is 5.56 Å². The maximum absolute atomic E-state index is 13.4. The molecule has 3 aromatic rings. The first-order valence-electron chi connectivity index (χ1n) is 11.2. The van der Waals surface area contributed by atoms with E-state index < -0.39 is 17.4 Å². The molecular formula is C26H25N3O4. The van der Waals surface area contributed by atoms with Crippen molar-refractivity contribution in [3.8, 4) is 5.75 Å². The summed E-state index contributed by atoms with van der Waals surface area (Å²) >= 11 is 0. The number of para-hydroxylation sites is 1. The molecule has 4 atom stereocenters. The number of ether oxygens (including phenoxy) is 2. The summed E-state index contributed by atoms with van der Waals surface area (Å²) < 4.78 is 11.5. The van der Waals surface area contributed by atoms with E-state index in [-0.39, 0.29) is 17.9 Å². The molecule has 7 heteroatoms. The fourth-order valence-electron chi connectivity index (χ4n) is 5.56. The van der Waals surface area contributed by atoms with Crippen molar-refractivity contribution in [3.05, 3.63) is 72.4 Å². The Labute approximate surface area is 191 Å². The van der Waals surface area contributed by atoms with Crippen LogP contribution in [-0.2, 0) is 20.7 Å². The van der Waals surface area contributed by atoms with Gasteiger partial charge in [0.2, 0.25) is 11.8 Å². The van der Waals surface area contributed by atoms with Crippen LogP contribution in [0.3, 0.4) is 0 Å². The van der Waals surface area contributed by atoms with E-state index in [0.29, 0.717) is 19.5 Å². The van der Waals surface area contributed by atoms with Gasteiger partial charge in [0.25, 0.3) is 0 Å². The number of H-pyrrole nitrogens is 1. The molecule has 2 N–H and O–H groups in total. The van der Waals surface area contributed by atoms with E-state index in [1.165, 1.54) is 0 Å². The molecule has 0 unspecified atom stereocenters. The highest BCUT2D eigenvalue weighted by molar-refractivity contribution is 6.03. The van der Waals surface area contributed by atoms with Crippen LogP contribution in [-0.4, -0.2) is 48.7 Å². The second kappa shape index (κ2) is 7.49. The largest absolute Gasteiger partial charge is 0.497 e. The summed E-state index contributed by atoms with van der Waals surface area (Å²) in [5, 5.41) is 4.22. The summed E-state index contributed by atoms with van der Waals surface area (Å²) in [6.07, 6.45) is 6.25. The van der Waals surface area contributed by atoms with Gasteiger partial charge in [-0.15, -0.1) is 0 Å². The molecule has 0 saturated carbocycles. The van der Waals surface area contributed by atoms with Crippen molar-refractivity contribution < 1.29 is 19.1 Å². The predicted octanol–water partition coefficient (Wildman–Crippen LogP) is 2.82. The Morgan fingerprint density at radius 3 is 2.88 bits per heavy atom. The Morgan fingerprint density at radius 2 is 2.06 bits per heavy atom. The van der Waals surface area contributed by atoms with E-state index in [0.717, 1.165) is 27.9 Å². The van der Waals surface area contributed by atoms with Crippen LogP contribution in [0.4, 0.5) is 5.69 Å². The molecular weight excluding hydrogens is 418 g/mol. The van der Waals surface area contributed by atoms with Gasteiger partial charge < -0.3 is 24.7 Å². The van der Waals surface area contributed by atoms with Crippen molar-refractivity contribution in [3.63, 3.8) is 0 Å². The molecule has 2 amide bonds. The summed E-state index contributed by atoms with van der Waals surface area (Å²) in [6, 6.07) is 15.5. The number of benzene rings is 2. The highest BCUT2D eigenvalue weighted by Gasteiger charge is 2.67. The Hall–Kier alpha value is -3.58. The number of carbonyl (C=O) groups excluding carboxylic acids is 2. The summed E-state index contributed by atoms with van der Waals surface area (Å²) in [7, 11) is 1.61. The molecule has 2 fully saturated rings. The van der Waals surface area contributed by atoms with Gasteiger partial charge in [-0.1, -0.05) is 30.4 Å². The van der Waals surface area contributed by atoms with Gasteiger partial charge in [0.05, 0.1) is 31.6 Å². The van der Waals surface area contributed by atoms with E-state index in [1.807, 2.05) is 60.8 Å². The normalized spacial score (nSPS) is 27.4. The van der Waals surface area contributed by atoms with Gasteiger partial charge in [-0.25, -0.2) is 0 Å². The maximum atomic E-state index is 13.4. The van der Waals surface area contributed by atoms with Crippen molar-refractivity contribution >= 4 is 28.4 Å². The maximum Gasteiger partial charge on any atom is 0.234 e. The van der Waals surface area contributed by atoms with Crippen molar-refractivity contribution in [1.29, 1.82) is 0 Å². The third-order valence-electron chi connectivity index (χ3n) is 7.16. The number of hydrogen-bond acceptors (Lipinski definition) is 4. The minimum Gasteiger partial charge on any atom is -0.497 e. The molecule has 33 heavy (non-hydrogen) atoms. The third kappa shape index (κ3) is 3.07. The Morgan fingerprint density at radius 1 is 1.24 bits per heavy atom. The van der Waals surface area contributed by atoms with Crippen molar-refractivity contribution in [1.82, 2.24) is 10.3 Å². The average molecular weight is 444 g/mol. The smallest absolute Gasteiger partial charge is 0.234 e. The molecule has 1 aromatic heterocycles. The van der Waals surface area contributed by atoms with E-state index >= 15 is 0 Å². The van der Waals surface area contributed by atoms with Gasteiger partial charge in [0.1, 0.15) is 11.4 Å². The molecule has 4 heterocycles. The number of rotatable bonds is 6.